The largest absolute Gasteiger partial charge is 0.384 e. The first kappa shape index (κ1) is 12.6. The Morgan fingerprint density at radius 2 is 2.35 bits per heavy atom. The van der Waals surface area contributed by atoms with E-state index in [1.807, 2.05) is 18.2 Å². The molecule has 0 amide bonds. The molecular formula is C12H15ClN2OS. The third kappa shape index (κ3) is 3.09. The summed E-state index contributed by atoms with van der Waals surface area (Å²) in [5.74, 6) is 0.461. The number of anilines is 1. The molecule has 0 aliphatic rings. The molecule has 0 aliphatic carbocycles. The van der Waals surface area contributed by atoms with E-state index < -0.39 is 0 Å². The summed E-state index contributed by atoms with van der Waals surface area (Å²) in [5, 5.41) is 4.99. The average molecular weight is 271 g/mol. The summed E-state index contributed by atoms with van der Waals surface area (Å²) in [7, 11) is 1.72. The SMILES string of the molecule is COCC(C)CNc1nc2cccc(Cl)c2s1. The summed E-state index contributed by atoms with van der Waals surface area (Å²) in [5.41, 5.74) is 0.949. The van der Waals surface area contributed by atoms with Crippen LogP contribution in [-0.2, 0) is 4.74 Å². The maximum Gasteiger partial charge on any atom is 0.183 e. The topological polar surface area (TPSA) is 34.1 Å². The maximum atomic E-state index is 6.11. The summed E-state index contributed by atoms with van der Waals surface area (Å²) in [6, 6.07) is 5.78. The highest BCUT2D eigenvalue weighted by molar-refractivity contribution is 7.22. The number of aromatic nitrogens is 1. The Morgan fingerprint density at radius 1 is 1.53 bits per heavy atom. The van der Waals surface area contributed by atoms with Crippen LogP contribution in [0.15, 0.2) is 18.2 Å². The molecule has 1 aromatic carbocycles. The molecule has 1 aromatic heterocycles. The summed E-state index contributed by atoms with van der Waals surface area (Å²) < 4.78 is 6.13. The van der Waals surface area contributed by atoms with E-state index in [1.54, 1.807) is 18.4 Å². The number of thiazole rings is 1. The summed E-state index contributed by atoms with van der Waals surface area (Å²) in [4.78, 5) is 4.49. The molecule has 3 nitrogen and oxygen atoms in total. The fraction of sp³-hybridized carbons (Fsp3) is 0.417. The van der Waals surface area contributed by atoms with Gasteiger partial charge in [-0.05, 0) is 18.1 Å². The lowest BCUT2D eigenvalue weighted by Crippen LogP contribution is -2.15. The number of halogens is 1. The number of benzene rings is 1. The van der Waals surface area contributed by atoms with Crippen molar-refractivity contribution in [1.29, 1.82) is 0 Å². The average Bonchev–Trinajstić information content (AvgIpc) is 2.71. The number of rotatable bonds is 5. The molecular weight excluding hydrogens is 256 g/mol. The second-order valence-corrected chi connectivity index (χ2v) is 5.45. The van der Waals surface area contributed by atoms with Crippen LogP contribution in [-0.4, -0.2) is 25.2 Å². The molecule has 0 fully saturated rings. The lowest BCUT2D eigenvalue weighted by Gasteiger charge is -2.09. The van der Waals surface area contributed by atoms with Crippen molar-refractivity contribution in [2.24, 2.45) is 5.92 Å². The maximum absolute atomic E-state index is 6.11. The minimum atomic E-state index is 0.461. The van der Waals surface area contributed by atoms with Gasteiger partial charge in [-0.2, -0.15) is 0 Å². The predicted octanol–water partition coefficient (Wildman–Crippen LogP) is 3.64. The third-order valence-corrected chi connectivity index (χ3v) is 3.91. The van der Waals surface area contributed by atoms with Crippen molar-refractivity contribution in [3.63, 3.8) is 0 Å². The van der Waals surface area contributed by atoms with Crippen molar-refractivity contribution in [2.45, 2.75) is 6.92 Å². The summed E-state index contributed by atoms with van der Waals surface area (Å²) >= 11 is 7.69. The van der Waals surface area contributed by atoms with E-state index in [1.165, 1.54) is 0 Å². The van der Waals surface area contributed by atoms with Gasteiger partial charge in [0.05, 0.1) is 21.8 Å². The van der Waals surface area contributed by atoms with Crippen LogP contribution in [0.3, 0.4) is 0 Å². The lowest BCUT2D eigenvalue weighted by molar-refractivity contribution is 0.164. The predicted molar refractivity (Wildman–Crippen MR) is 74.2 cm³/mol. The van der Waals surface area contributed by atoms with Gasteiger partial charge in [0.1, 0.15) is 0 Å². The molecule has 1 N–H and O–H groups in total. The van der Waals surface area contributed by atoms with Crippen molar-refractivity contribution in [3.8, 4) is 0 Å². The van der Waals surface area contributed by atoms with Gasteiger partial charge in [-0.25, -0.2) is 4.98 Å². The normalized spacial score (nSPS) is 12.9. The highest BCUT2D eigenvalue weighted by atomic mass is 35.5. The zero-order valence-electron chi connectivity index (χ0n) is 9.87. The van der Waals surface area contributed by atoms with Crippen LogP contribution < -0.4 is 5.32 Å². The third-order valence-electron chi connectivity index (χ3n) is 2.42. The fourth-order valence-corrected chi connectivity index (χ4v) is 2.76. The Morgan fingerprint density at radius 3 is 3.06 bits per heavy atom. The number of fused-ring (bicyclic) bond motifs is 1. The van der Waals surface area contributed by atoms with E-state index in [2.05, 4.69) is 17.2 Å². The Hall–Kier alpha value is -0.840. The molecule has 2 rings (SSSR count). The minimum Gasteiger partial charge on any atom is -0.384 e. The molecule has 92 valence electrons. The fourth-order valence-electron chi connectivity index (χ4n) is 1.60. The number of methoxy groups -OCH3 is 1. The molecule has 1 unspecified atom stereocenters. The molecule has 1 atom stereocenters. The molecule has 0 saturated heterocycles. The van der Waals surface area contributed by atoms with Crippen molar-refractivity contribution in [1.82, 2.24) is 4.98 Å². The number of hydrogen-bond acceptors (Lipinski definition) is 4. The van der Waals surface area contributed by atoms with E-state index in [4.69, 9.17) is 16.3 Å². The minimum absolute atomic E-state index is 0.461. The first-order chi connectivity index (χ1) is 8.20. The Balaban J connectivity index is 2.07. The molecule has 0 radical (unpaired) electrons. The monoisotopic (exact) mass is 270 g/mol. The first-order valence-electron chi connectivity index (χ1n) is 5.48. The number of ether oxygens (including phenoxy) is 1. The van der Waals surface area contributed by atoms with Crippen molar-refractivity contribution in [3.05, 3.63) is 23.2 Å². The first-order valence-corrected chi connectivity index (χ1v) is 6.68. The molecule has 1 heterocycles. The van der Waals surface area contributed by atoms with E-state index >= 15 is 0 Å². The number of nitrogens with one attached hydrogen (secondary N) is 1. The van der Waals surface area contributed by atoms with E-state index in [0.29, 0.717) is 5.92 Å². The van der Waals surface area contributed by atoms with E-state index in [0.717, 1.165) is 33.5 Å². The Bertz CT molecular complexity index is 500. The highest BCUT2D eigenvalue weighted by Crippen LogP contribution is 2.31. The summed E-state index contributed by atoms with van der Waals surface area (Å²) in [6.45, 7) is 3.74. The second-order valence-electron chi connectivity index (χ2n) is 4.05. The quantitative estimate of drug-likeness (QED) is 0.901. The van der Waals surface area contributed by atoms with Gasteiger partial charge in [0.15, 0.2) is 5.13 Å². The van der Waals surface area contributed by atoms with Gasteiger partial charge in [0, 0.05) is 13.7 Å². The molecule has 0 saturated carbocycles. The van der Waals surface area contributed by atoms with Gasteiger partial charge in [-0.15, -0.1) is 0 Å². The van der Waals surface area contributed by atoms with Crippen LogP contribution in [0, 0.1) is 5.92 Å². The van der Waals surface area contributed by atoms with Crippen LogP contribution in [0.25, 0.3) is 10.2 Å². The summed E-state index contributed by atoms with van der Waals surface area (Å²) in [6.07, 6.45) is 0. The standard InChI is InChI=1S/C12H15ClN2OS/c1-8(7-16-2)6-14-12-15-10-5-3-4-9(13)11(10)17-12/h3-5,8H,6-7H2,1-2H3,(H,14,15). The molecule has 0 spiro atoms. The highest BCUT2D eigenvalue weighted by Gasteiger charge is 2.07. The number of nitrogens with zero attached hydrogens (tertiary/aromatic N) is 1. The molecule has 0 aliphatic heterocycles. The van der Waals surface area contributed by atoms with Crippen LogP contribution in [0.2, 0.25) is 5.02 Å². The van der Waals surface area contributed by atoms with Gasteiger partial charge >= 0.3 is 0 Å². The zero-order valence-corrected chi connectivity index (χ0v) is 11.4. The van der Waals surface area contributed by atoms with Crippen molar-refractivity contribution in [2.75, 3.05) is 25.6 Å². The molecule has 5 heteroatoms. The van der Waals surface area contributed by atoms with E-state index in [-0.39, 0.29) is 0 Å². The smallest absolute Gasteiger partial charge is 0.183 e. The van der Waals surface area contributed by atoms with Crippen LogP contribution in [0.4, 0.5) is 5.13 Å². The van der Waals surface area contributed by atoms with Gasteiger partial charge in [0.25, 0.3) is 0 Å². The van der Waals surface area contributed by atoms with Gasteiger partial charge in [0.2, 0.25) is 0 Å². The lowest BCUT2D eigenvalue weighted by atomic mass is 10.2. The van der Waals surface area contributed by atoms with Gasteiger partial charge in [-0.3, -0.25) is 0 Å². The van der Waals surface area contributed by atoms with Crippen LogP contribution >= 0.6 is 22.9 Å². The Kier molecular flexibility index (Phi) is 4.20. The molecule has 17 heavy (non-hydrogen) atoms. The molecule has 0 bridgehead atoms. The Labute approximate surface area is 110 Å². The van der Waals surface area contributed by atoms with Gasteiger partial charge < -0.3 is 10.1 Å². The van der Waals surface area contributed by atoms with Crippen molar-refractivity contribution >= 4 is 38.3 Å². The van der Waals surface area contributed by atoms with Crippen LogP contribution in [0.5, 0.6) is 0 Å². The van der Waals surface area contributed by atoms with E-state index in [9.17, 15) is 0 Å². The zero-order chi connectivity index (χ0) is 12.3. The number of hydrogen-bond donors (Lipinski definition) is 1. The van der Waals surface area contributed by atoms with Crippen LogP contribution in [0.1, 0.15) is 6.92 Å². The van der Waals surface area contributed by atoms with Crippen molar-refractivity contribution < 1.29 is 4.74 Å². The second kappa shape index (κ2) is 5.67. The molecule has 2 aromatic rings. The van der Waals surface area contributed by atoms with Gasteiger partial charge in [-0.1, -0.05) is 35.9 Å².